The molecule has 17 heavy (non-hydrogen) atoms. The van der Waals surface area contributed by atoms with Crippen LogP contribution in [0.3, 0.4) is 0 Å². The van der Waals surface area contributed by atoms with Crippen LogP contribution in [0.5, 0.6) is 0 Å². The van der Waals surface area contributed by atoms with Gasteiger partial charge in [0.25, 0.3) is 0 Å². The van der Waals surface area contributed by atoms with Crippen LogP contribution in [0.1, 0.15) is 25.7 Å². The van der Waals surface area contributed by atoms with E-state index in [9.17, 15) is 22.8 Å². The van der Waals surface area contributed by atoms with Crippen molar-refractivity contribution in [3.63, 3.8) is 0 Å². The standard InChI is InChI=1S/C10H14F3NO3/c11-10(12,13)9(17)14-5-1-2-7(6-14)3-4-8(15)16/h7H,1-6H2,(H,15,16). The van der Waals surface area contributed by atoms with Crippen LogP contribution in [0.15, 0.2) is 0 Å². The zero-order valence-corrected chi connectivity index (χ0v) is 9.16. The topological polar surface area (TPSA) is 57.6 Å². The Kier molecular flexibility index (Phi) is 4.36. The molecule has 0 saturated carbocycles. The lowest BCUT2D eigenvalue weighted by Crippen LogP contribution is -2.46. The van der Waals surface area contributed by atoms with Crippen molar-refractivity contribution >= 4 is 11.9 Å². The van der Waals surface area contributed by atoms with E-state index in [1.165, 1.54) is 0 Å². The molecule has 1 heterocycles. The second-order valence-corrected chi connectivity index (χ2v) is 4.19. The minimum atomic E-state index is -4.84. The van der Waals surface area contributed by atoms with Gasteiger partial charge in [-0.3, -0.25) is 9.59 Å². The van der Waals surface area contributed by atoms with Gasteiger partial charge in [0.15, 0.2) is 0 Å². The SMILES string of the molecule is O=C(O)CCC1CCCN(C(=O)C(F)(F)F)C1. The van der Waals surface area contributed by atoms with Crippen LogP contribution in [0, 0.1) is 5.92 Å². The van der Waals surface area contributed by atoms with Gasteiger partial charge >= 0.3 is 18.1 Å². The van der Waals surface area contributed by atoms with Gasteiger partial charge in [0, 0.05) is 19.5 Å². The van der Waals surface area contributed by atoms with E-state index in [2.05, 4.69) is 0 Å². The molecule has 0 aromatic heterocycles. The Balaban J connectivity index is 2.49. The van der Waals surface area contributed by atoms with Gasteiger partial charge in [-0.1, -0.05) is 0 Å². The van der Waals surface area contributed by atoms with Crippen molar-refractivity contribution in [3.8, 4) is 0 Å². The predicted octanol–water partition coefficient (Wildman–Crippen LogP) is 1.65. The third kappa shape index (κ3) is 4.24. The summed E-state index contributed by atoms with van der Waals surface area (Å²) in [4.78, 5) is 22.1. The molecule has 0 bridgehead atoms. The van der Waals surface area contributed by atoms with Crippen molar-refractivity contribution in [2.24, 2.45) is 5.92 Å². The number of hydrogen-bond donors (Lipinski definition) is 1. The van der Waals surface area contributed by atoms with Crippen LogP contribution in [0.2, 0.25) is 0 Å². The van der Waals surface area contributed by atoms with Crippen LogP contribution in [-0.2, 0) is 9.59 Å². The Hall–Kier alpha value is -1.27. The Labute approximate surface area is 96.4 Å². The highest BCUT2D eigenvalue weighted by atomic mass is 19.4. The number of aliphatic carboxylic acids is 1. The number of hydrogen-bond acceptors (Lipinski definition) is 2. The van der Waals surface area contributed by atoms with Gasteiger partial charge in [0.1, 0.15) is 0 Å². The Morgan fingerprint density at radius 1 is 1.35 bits per heavy atom. The minimum absolute atomic E-state index is 0.00558. The molecule has 1 aliphatic heterocycles. The molecule has 98 valence electrons. The van der Waals surface area contributed by atoms with Gasteiger partial charge in [-0.05, 0) is 25.2 Å². The predicted molar refractivity (Wildman–Crippen MR) is 52.2 cm³/mol. The Morgan fingerprint density at radius 3 is 2.53 bits per heavy atom. The number of carbonyl (C=O) groups is 2. The highest BCUT2D eigenvalue weighted by Crippen LogP contribution is 2.25. The van der Waals surface area contributed by atoms with Crippen molar-refractivity contribution in [2.75, 3.05) is 13.1 Å². The molecule has 1 amide bonds. The van der Waals surface area contributed by atoms with Crippen molar-refractivity contribution in [1.29, 1.82) is 0 Å². The summed E-state index contributed by atoms with van der Waals surface area (Å²) in [5, 5.41) is 8.49. The van der Waals surface area contributed by atoms with Gasteiger partial charge < -0.3 is 10.0 Å². The van der Waals surface area contributed by atoms with Crippen molar-refractivity contribution in [1.82, 2.24) is 4.90 Å². The quantitative estimate of drug-likeness (QED) is 0.832. The molecule has 1 rings (SSSR count). The first kappa shape index (κ1) is 13.8. The second kappa shape index (κ2) is 5.37. The minimum Gasteiger partial charge on any atom is -0.481 e. The lowest BCUT2D eigenvalue weighted by atomic mass is 9.93. The third-order valence-electron chi connectivity index (χ3n) is 2.82. The smallest absolute Gasteiger partial charge is 0.471 e. The van der Waals surface area contributed by atoms with Crippen molar-refractivity contribution in [3.05, 3.63) is 0 Å². The average molecular weight is 253 g/mol. The molecule has 7 heteroatoms. The molecular formula is C10H14F3NO3. The lowest BCUT2D eigenvalue weighted by molar-refractivity contribution is -0.187. The molecule has 0 aromatic carbocycles. The summed E-state index contributed by atoms with van der Waals surface area (Å²) in [6.07, 6.45) is -3.43. The van der Waals surface area contributed by atoms with Crippen LogP contribution in [0.25, 0.3) is 0 Å². The van der Waals surface area contributed by atoms with E-state index in [0.717, 1.165) is 4.90 Å². The maximum Gasteiger partial charge on any atom is 0.471 e. The fourth-order valence-corrected chi connectivity index (χ4v) is 1.99. The number of carboxylic acids is 1. The van der Waals surface area contributed by atoms with Gasteiger partial charge in [-0.15, -0.1) is 0 Å². The maximum atomic E-state index is 12.2. The zero-order valence-electron chi connectivity index (χ0n) is 9.16. The molecule has 0 aromatic rings. The molecule has 1 fully saturated rings. The number of alkyl halides is 3. The van der Waals surface area contributed by atoms with E-state index in [4.69, 9.17) is 5.11 Å². The average Bonchev–Trinajstić information content (AvgIpc) is 2.24. The highest BCUT2D eigenvalue weighted by molar-refractivity contribution is 5.81. The van der Waals surface area contributed by atoms with Crippen molar-refractivity contribution in [2.45, 2.75) is 31.9 Å². The van der Waals surface area contributed by atoms with Crippen LogP contribution in [-0.4, -0.2) is 41.1 Å². The van der Waals surface area contributed by atoms with Gasteiger partial charge in [0.2, 0.25) is 0 Å². The molecule has 0 spiro atoms. The summed E-state index contributed by atoms with van der Waals surface area (Å²) in [7, 11) is 0. The molecule has 1 aliphatic rings. The van der Waals surface area contributed by atoms with E-state index in [1.807, 2.05) is 0 Å². The largest absolute Gasteiger partial charge is 0.481 e. The molecule has 0 radical (unpaired) electrons. The van der Waals surface area contributed by atoms with Gasteiger partial charge in [-0.2, -0.15) is 13.2 Å². The first-order valence-corrected chi connectivity index (χ1v) is 5.38. The maximum absolute atomic E-state index is 12.2. The number of carboxylic acid groups (broad SMARTS) is 1. The molecule has 0 aliphatic carbocycles. The molecule has 1 saturated heterocycles. The molecule has 1 atom stereocenters. The summed E-state index contributed by atoms with van der Waals surface area (Å²) in [5.74, 6) is -2.94. The van der Waals surface area contributed by atoms with E-state index >= 15 is 0 Å². The summed E-state index contributed by atoms with van der Waals surface area (Å²) >= 11 is 0. The molecule has 1 unspecified atom stereocenters. The number of rotatable bonds is 3. The van der Waals surface area contributed by atoms with Crippen LogP contribution in [0.4, 0.5) is 13.2 Å². The summed E-state index contributed by atoms with van der Waals surface area (Å²) in [6.45, 7) is 0.105. The van der Waals surface area contributed by atoms with E-state index in [1.54, 1.807) is 0 Å². The molecule has 1 N–H and O–H groups in total. The monoisotopic (exact) mass is 253 g/mol. The lowest BCUT2D eigenvalue weighted by Gasteiger charge is -2.32. The van der Waals surface area contributed by atoms with E-state index in [0.29, 0.717) is 19.3 Å². The summed E-state index contributed by atoms with van der Waals surface area (Å²) < 4.78 is 36.6. The molecular weight excluding hydrogens is 239 g/mol. The molecule has 4 nitrogen and oxygen atoms in total. The zero-order chi connectivity index (χ0) is 13.1. The number of nitrogens with zero attached hydrogens (tertiary/aromatic N) is 1. The number of carbonyl (C=O) groups excluding carboxylic acids is 1. The van der Waals surface area contributed by atoms with E-state index in [-0.39, 0.29) is 25.4 Å². The fraction of sp³-hybridized carbons (Fsp3) is 0.800. The first-order valence-electron chi connectivity index (χ1n) is 5.38. The summed E-state index contributed by atoms with van der Waals surface area (Å²) in [6, 6.07) is 0. The number of amides is 1. The van der Waals surface area contributed by atoms with Gasteiger partial charge in [0.05, 0.1) is 0 Å². The number of halogens is 3. The van der Waals surface area contributed by atoms with Crippen LogP contribution < -0.4 is 0 Å². The van der Waals surface area contributed by atoms with Crippen LogP contribution >= 0.6 is 0 Å². The Morgan fingerprint density at radius 2 is 2.00 bits per heavy atom. The normalized spacial score (nSPS) is 21.4. The number of likely N-dealkylation sites (tertiary alicyclic amines) is 1. The third-order valence-corrected chi connectivity index (χ3v) is 2.82. The second-order valence-electron chi connectivity index (χ2n) is 4.19. The number of piperidine rings is 1. The first-order chi connectivity index (χ1) is 7.80. The summed E-state index contributed by atoms with van der Waals surface area (Å²) in [5.41, 5.74) is 0. The highest BCUT2D eigenvalue weighted by Gasteiger charge is 2.43. The van der Waals surface area contributed by atoms with Crippen molar-refractivity contribution < 1.29 is 27.9 Å². The Bertz CT molecular complexity index is 304. The van der Waals surface area contributed by atoms with E-state index < -0.39 is 18.1 Å². The van der Waals surface area contributed by atoms with Gasteiger partial charge in [-0.25, -0.2) is 0 Å². The fourth-order valence-electron chi connectivity index (χ4n) is 1.99.